The van der Waals surface area contributed by atoms with E-state index in [4.69, 9.17) is 9.47 Å². The zero-order valence-corrected chi connectivity index (χ0v) is 30.0. The van der Waals surface area contributed by atoms with Crippen LogP contribution in [0.15, 0.2) is 30.4 Å². The molecule has 49 heavy (non-hydrogen) atoms. The van der Waals surface area contributed by atoms with Gasteiger partial charge in [0.15, 0.2) is 0 Å². The molecule has 0 spiro atoms. The van der Waals surface area contributed by atoms with E-state index in [1.807, 2.05) is 37.3 Å². The molecule has 1 aromatic carbocycles. The lowest BCUT2D eigenvalue weighted by Crippen LogP contribution is -2.58. The molecule has 2 saturated carbocycles. The van der Waals surface area contributed by atoms with Gasteiger partial charge < -0.3 is 25.0 Å². The summed E-state index contributed by atoms with van der Waals surface area (Å²) >= 11 is 1.38. The molecule has 0 bridgehead atoms. The van der Waals surface area contributed by atoms with Crippen molar-refractivity contribution in [3.05, 3.63) is 35.9 Å². The minimum absolute atomic E-state index is 0.0386. The Labute approximate surface area is 290 Å². The number of thiazole rings is 1. The number of hydrogen-bond donors (Lipinski definition) is 3. The molecule has 1 saturated heterocycles. The second kappa shape index (κ2) is 13.5. The molecule has 2 aromatic rings. The van der Waals surface area contributed by atoms with Crippen LogP contribution >= 0.6 is 11.3 Å². The van der Waals surface area contributed by atoms with E-state index in [1.54, 1.807) is 20.8 Å². The first kappa shape index (κ1) is 35.1. The van der Waals surface area contributed by atoms with Crippen LogP contribution in [0, 0.1) is 12.8 Å². The molecule has 0 unspecified atom stereocenters. The van der Waals surface area contributed by atoms with Crippen molar-refractivity contribution in [2.24, 2.45) is 5.92 Å². The number of aromatic nitrogens is 1. The van der Waals surface area contributed by atoms with Crippen molar-refractivity contribution in [1.82, 2.24) is 25.2 Å². The zero-order valence-electron chi connectivity index (χ0n) is 28.3. The van der Waals surface area contributed by atoms with Crippen LogP contribution in [0.1, 0.15) is 84.1 Å². The lowest BCUT2D eigenvalue weighted by molar-refractivity contribution is -0.141. The van der Waals surface area contributed by atoms with Gasteiger partial charge in [-0.1, -0.05) is 48.5 Å². The van der Waals surface area contributed by atoms with Gasteiger partial charge in [-0.05, 0) is 77.8 Å². The Morgan fingerprint density at radius 1 is 1.12 bits per heavy atom. The van der Waals surface area contributed by atoms with E-state index in [-0.39, 0.29) is 19.4 Å². The summed E-state index contributed by atoms with van der Waals surface area (Å²) in [5.41, 5.74) is -0.422. The first-order chi connectivity index (χ1) is 23.1. The van der Waals surface area contributed by atoms with Gasteiger partial charge >= 0.3 is 6.09 Å². The van der Waals surface area contributed by atoms with E-state index in [0.717, 1.165) is 28.6 Å². The van der Waals surface area contributed by atoms with E-state index >= 15 is 0 Å². The average molecular weight is 716 g/mol. The predicted molar refractivity (Wildman–Crippen MR) is 183 cm³/mol. The van der Waals surface area contributed by atoms with E-state index < -0.39 is 74.3 Å². The van der Waals surface area contributed by atoms with Gasteiger partial charge in [0.05, 0.1) is 22.0 Å². The van der Waals surface area contributed by atoms with Crippen LogP contribution in [-0.4, -0.2) is 83.2 Å². The third-order valence-electron chi connectivity index (χ3n) is 9.39. The molecule has 4 aliphatic rings. The van der Waals surface area contributed by atoms with Gasteiger partial charge in [0, 0.05) is 12.3 Å². The largest absolute Gasteiger partial charge is 0.465 e. The quantitative estimate of drug-likeness (QED) is 0.376. The van der Waals surface area contributed by atoms with Gasteiger partial charge in [0.1, 0.15) is 29.3 Å². The van der Waals surface area contributed by atoms with E-state index in [0.29, 0.717) is 37.3 Å². The predicted octanol–water partition coefficient (Wildman–Crippen LogP) is 3.85. The van der Waals surface area contributed by atoms with Crippen molar-refractivity contribution in [3.8, 4) is 5.19 Å². The number of benzene rings is 1. The van der Waals surface area contributed by atoms with Crippen LogP contribution in [-0.2, 0) is 29.1 Å². The van der Waals surface area contributed by atoms with E-state index in [2.05, 4.69) is 20.3 Å². The first-order valence-electron chi connectivity index (χ1n) is 17.0. The molecule has 266 valence electrons. The molecule has 3 N–H and O–H groups in total. The Bertz CT molecular complexity index is 1760. The highest BCUT2D eigenvalue weighted by molar-refractivity contribution is 7.91. The summed E-state index contributed by atoms with van der Waals surface area (Å²) in [5, 5.41) is 5.40. The second-order valence-corrected chi connectivity index (χ2v) is 17.5. The number of amides is 4. The van der Waals surface area contributed by atoms with Crippen molar-refractivity contribution in [3.63, 3.8) is 0 Å². The molecule has 2 aliphatic heterocycles. The average Bonchev–Trinajstić information content (AvgIpc) is 3.90. The number of sulfonamides is 1. The maximum Gasteiger partial charge on any atom is 0.408 e. The normalized spacial score (nSPS) is 28.7. The maximum absolute atomic E-state index is 14.3. The van der Waals surface area contributed by atoms with Crippen molar-refractivity contribution in [2.45, 2.75) is 120 Å². The van der Waals surface area contributed by atoms with Gasteiger partial charge in [-0.25, -0.2) is 18.2 Å². The minimum atomic E-state index is -3.86. The molecule has 3 heterocycles. The van der Waals surface area contributed by atoms with Crippen LogP contribution in [0.2, 0.25) is 0 Å². The number of rotatable bonds is 6. The molecule has 4 amide bonds. The fourth-order valence-corrected chi connectivity index (χ4v) is 8.87. The van der Waals surface area contributed by atoms with Crippen molar-refractivity contribution in [1.29, 1.82) is 0 Å². The lowest BCUT2D eigenvalue weighted by Gasteiger charge is -2.30. The smallest absolute Gasteiger partial charge is 0.408 e. The Morgan fingerprint density at radius 2 is 1.90 bits per heavy atom. The van der Waals surface area contributed by atoms with Crippen LogP contribution in [0.3, 0.4) is 0 Å². The summed E-state index contributed by atoms with van der Waals surface area (Å²) in [5.74, 6) is -2.24. The number of ether oxygens (including phenoxy) is 2. The molecular formula is C34H45N5O8S2. The molecule has 0 radical (unpaired) electrons. The van der Waals surface area contributed by atoms with Gasteiger partial charge in [-0.2, -0.15) is 0 Å². The first-order valence-corrected chi connectivity index (χ1v) is 19.4. The number of aryl methyl sites for hydroxylation is 1. The number of hydrogen-bond acceptors (Lipinski definition) is 10. The number of fused-ring (bicyclic) bond motifs is 3. The van der Waals surface area contributed by atoms with Crippen molar-refractivity contribution in [2.75, 3.05) is 6.54 Å². The summed E-state index contributed by atoms with van der Waals surface area (Å²) in [6.45, 7) is 7.23. The SMILES string of the molecule is Cc1cccc2nc(O[C@@H]3C[C@H]4C(=O)N[C@]5(C(=O)NS(=O)(=O)C6CC6)C[C@@H]5/C=C\CCCCC[C@H](NC(=O)OC(C)(C)C)C(=O)N4C3)sc12. The fraction of sp³-hybridized carbons (Fsp3) is 0.618. The number of allylic oxidation sites excluding steroid dienone is 1. The summed E-state index contributed by atoms with van der Waals surface area (Å²) in [6.07, 6.45) is 7.05. The summed E-state index contributed by atoms with van der Waals surface area (Å²) in [4.78, 5) is 61.0. The summed E-state index contributed by atoms with van der Waals surface area (Å²) in [6, 6.07) is 3.76. The Kier molecular flexibility index (Phi) is 9.70. The number of carbonyl (C=O) groups excluding carboxylic acids is 4. The molecule has 1 aromatic heterocycles. The highest BCUT2D eigenvalue weighted by Gasteiger charge is 2.62. The maximum atomic E-state index is 14.3. The van der Waals surface area contributed by atoms with Crippen LogP contribution in [0.25, 0.3) is 10.2 Å². The third-order valence-corrected chi connectivity index (χ3v) is 12.3. The van der Waals surface area contributed by atoms with E-state index in [1.165, 1.54) is 16.2 Å². The number of alkyl carbamates (subject to hydrolysis) is 1. The Hall–Kier alpha value is -3.72. The molecule has 3 fully saturated rings. The molecule has 6 rings (SSSR count). The zero-order chi connectivity index (χ0) is 35.1. The molecule has 5 atom stereocenters. The van der Waals surface area contributed by atoms with Crippen LogP contribution in [0.4, 0.5) is 4.79 Å². The topological polar surface area (TPSA) is 173 Å². The van der Waals surface area contributed by atoms with Gasteiger partial charge in [-0.15, -0.1) is 0 Å². The highest BCUT2D eigenvalue weighted by Crippen LogP contribution is 2.46. The summed E-state index contributed by atoms with van der Waals surface area (Å²) in [7, 11) is -3.86. The van der Waals surface area contributed by atoms with Gasteiger partial charge in [0.25, 0.3) is 11.1 Å². The molecule has 13 nitrogen and oxygen atoms in total. The standard InChI is InChI=1S/C34H45N5O8S2/c1-20-11-10-14-24-27(20)48-32(36-24)46-22-17-26-28(40)37-34(30(42)38-49(44,45)23-15-16-23)18-21(34)12-8-6-5-7-9-13-25(29(41)39(26)19-22)35-31(43)47-33(2,3)4/h8,10-12,14,21-23,25-26H,5-7,9,13,15-19H2,1-4H3,(H,35,43)(H,37,40)(H,38,42)/b12-8-/t21-,22+,25-,26-,34+/m0/s1. The second-order valence-electron chi connectivity index (χ2n) is 14.6. The summed E-state index contributed by atoms with van der Waals surface area (Å²) < 4.78 is 40.5. The number of nitrogens with one attached hydrogen (secondary N) is 3. The fourth-order valence-electron chi connectivity index (χ4n) is 6.56. The molecular weight excluding hydrogens is 671 g/mol. The Morgan fingerprint density at radius 3 is 2.61 bits per heavy atom. The number of carbonyl (C=O) groups is 4. The minimum Gasteiger partial charge on any atom is -0.465 e. The number of nitrogens with zero attached hydrogens (tertiary/aromatic N) is 2. The highest BCUT2D eigenvalue weighted by atomic mass is 32.2. The molecule has 2 aliphatic carbocycles. The van der Waals surface area contributed by atoms with E-state index in [9.17, 15) is 27.6 Å². The Balaban J connectivity index is 1.29. The van der Waals surface area contributed by atoms with Crippen LogP contribution < -0.4 is 20.1 Å². The van der Waals surface area contributed by atoms with Crippen molar-refractivity contribution < 1.29 is 37.1 Å². The lowest BCUT2D eigenvalue weighted by atomic mass is 10.0. The molecule has 15 heteroatoms. The van der Waals surface area contributed by atoms with Gasteiger partial charge in [0.2, 0.25) is 21.8 Å². The van der Waals surface area contributed by atoms with Crippen molar-refractivity contribution >= 4 is 55.4 Å². The monoisotopic (exact) mass is 715 g/mol. The third kappa shape index (κ3) is 8.03. The van der Waals surface area contributed by atoms with Crippen LogP contribution in [0.5, 0.6) is 5.19 Å². The van der Waals surface area contributed by atoms with Gasteiger partial charge in [-0.3, -0.25) is 19.1 Å².